The van der Waals surface area contributed by atoms with Crippen LogP contribution in [0.3, 0.4) is 0 Å². The molecular weight excluding hydrogens is 378 g/mol. The van der Waals surface area contributed by atoms with Crippen molar-refractivity contribution >= 4 is 22.9 Å². The second kappa shape index (κ2) is 7.72. The minimum absolute atomic E-state index is 0.0623. The van der Waals surface area contributed by atoms with E-state index >= 15 is 0 Å². The molecule has 1 unspecified atom stereocenters. The highest BCUT2D eigenvalue weighted by Crippen LogP contribution is 2.38. The quantitative estimate of drug-likeness (QED) is 0.661. The van der Waals surface area contributed by atoms with E-state index in [2.05, 4.69) is 16.8 Å². The smallest absolute Gasteiger partial charge is 0.220 e. The summed E-state index contributed by atoms with van der Waals surface area (Å²) in [5.74, 6) is -1.62. The summed E-state index contributed by atoms with van der Waals surface area (Å²) in [7, 11) is 0. The van der Waals surface area contributed by atoms with Crippen LogP contribution in [0, 0.1) is 11.6 Å². The van der Waals surface area contributed by atoms with Gasteiger partial charge in [-0.3, -0.25) is 4.79 Å². The number of hydrogen-bond acceptors (Lipinski definition) is 3. The summed E-state index contributed by atoms with van der Waals surface area (Å²) in [6.07, 6.45) is 0.900. The van der Waals surface area contributed by atoms with Gasteiger partial charge in [-0.25, -0.2) is 8.78 Å². The maximum Gasteiger partial charge on any atom is 0.220 e. The summed E-state index contributed by atoms with van der Waals surface area (Å²) >= 11 is 1.74. The summed E-state index contributed by atoms with van der Waals surface area (Å²) in [6, 6.07) is 13.9. The van der Waals surface area contributed by atoms with E-state index in [4.69, 9.17) is 0 Å². The first-order valence-electron chi connectivity index (χ1n) is 9.14. The molecule has 3 aromatic rings. The third-order valence-electron chi connectivity index (χ3n) is 5.08. The lowest BCUT2D eigenvalue weighted by Gasteiger charge is -2.35. The predicted octanol–water partition coefficient (Wildman–Crippen LogP) is 5.13. The van der Waals surface area contributed by atoms with E-state index in [-0.39, 0.29) is 11.9 Å². The zero-order valence-electron chi connectivity index (χ0n) is 15.4. The highest BCUT2D eigenvalue weighted by molar-refractivity contribution is 7.10. The molecule has 0 bridgehead atoms. The van der Waals surface area contributed by atoms with Crippen LogP contribution >= 0.6 is 11.3 Å². The lowest BCUT2D eigenvalue weighted by Crippen LogP contribution is -2.38. The maximum atomic E-state index is 13.3. The van der Waals surface area contributed by atoms with Crippen molar-refractivity contribution in [3.05, 3.63) is 87.1 Å². The number of anilines is 1. The number of nitrogens with zero attached hydrogens (tertiary/aromatic N) is 1. The van der Waals surface area contributed by atoms with E-state index < -0.39 is 11.6 Å². The van der Waals surface area contributed by atoms with Gasteiger partial charge in [-0.15, -0.1) is 11.3 Å². The zero-order valence-corrected chi connectivity index (χ0v) is 16.2. The van der Waals surface area contributed by atoms with Gasteiger partial charge in [-0.05, 0) is 58.8 Å². The number of benzene rings is 2. The van der Waals surface area contributed by atoms with Gasteiger partial charge < -0.3 is 10.2 Å². The summed E-state index contributed by atoms with van der Waals surface area (Å²) in [5, 5.41) is 5.30. The molecule has 0 spiro atoms. The topological polar surface area (TPSA) is 32.3 Å². The largest absolute Gasteiger partial charge is 0.381 e. The van der Waals surface area contributed by atoms with Crippen LogP contribution in [-0.4, -0.2) is 17.4 Å². The van der Waals surface area contributed by atoms with Crippen molar-refractivity contribution in [3.63, 3.8) is 0 Å². The molecule has 1 aliphatic heterocycles. The number of halogens is 2. The number of hydrogen-bond donors (Lipinski definition) is 1. The number of amides is 1. The van der Waals surface area contributed by atoms with Crippen LogP contribution in [0.25, 0.3) is 0 Å². The minimum Gasteiger partial charge on any atom is -0.381 e. The Kier molecular flexibility index (Phi) is 5.13. The molecule has 0 fully saturated rings. The molecule has 0 aliphatic carbocycles. The first kappa shape index (κ1) is 18.6. The van der Waals surface area contributed by atoms with Crippen LogP contribution in [0.2, 0.25) is 0 Å². The second-order valence-electron chi connectivity index (χ2n) is 6.89. The molecule has 1 aliphatic rings. The van der Waals surface area contributed by atoms with Gasteiger partial charge in [0.1, 0.15) is 0 Å². The summed E-state index contributed by atoms with van der Waals surface area (Å²) in [5.41, 5.74) is 3.81. The Morgan fingerprint density at radius 2 is 1.93 bits per heavy atom. The third kappa shape index (κ3) is 3.64. The summed E-state index contributed by atoms with van der Waals surface area (Å²) in [4.78, 5) is 15.4. The number of fused-ring (bicyclic) bond motifs is 1. The molecule has 1 atom stereocenters. The molecule has 1 amide bonds. The van der Waals surface area contributed by atoms with Crippen LogP contribution in [-0.2, 0) is 17.8 Å². The van der Waals surface area contributed by atoms with E-state index in [1.54, 1.807) is 24.3 Å². The maximum absolute atomic E-state index is 13.3. The molecule has 2 heterocycles. The minimum atomic E-state index is -0.845. The molecule has 1 N–H and O–H groups in total. The Morgan fingerprint density at radius 3 is 2.64 bits per heavy atom. The van der Waals surface area contributed by atoms with Crippen molar-refractivity contribution < 1.29 is 13.6 Å². The summed E-state index contributed by atoms with van der Waals surface area (Å²) in [6.45, 7) is 2.74. The molecule has 1 aromatic heterocycles. The third-order valence-corrected chi connectivity index (χ3v) is 6.07. The molecule has 28 heavy (non-hydrogen) atoms. The summed E-state index contributed by atoms with van der Waals surface area (Å²) < 4.78 is 26.4. The first-order chi connectivity index (χ1) is 13.5. The van der Waals surface area contributed by atoms with E-state index in [0.717, 1.165) is 30.3 Å². The first-order valence-corrected chi connectivity index (χ1v) is 10.0. The van der Waals surface area contributed by atoms with Crippen LogP contribution in [0.5, 0.6) is 0 Å². The Morgan fingerprint density at radius 1 is 1.14 bits per heavy atom. The van der Waals surface area contributed by atoms with Crippen LogP contribution < -0.4 is 5.32 Å². The fourth-order valence-corrected chi connectivity index (χ4v) is 4.56. The molecular formula is C22H20F2N2OS. The number of carbonyl (C=O) groups is 1. The van der Waals surface area contributed by atoms with E-state index in [9.17, 15) is 13.6 Å². The van der Waals surface area contributed by atoms with E-state index in [1.165, 1.54) is 16.5 Å². The molecule has 0 saturated carbocycles. The van der Waals surface area contributed by atoms with Crippen LogP contribution in [0.15, 0.2) is 53.9 Å². The fourth-order valence-electron chi connectivity index (χ4n) is 3.65. The highest BCUT2D eigenvalue weighted by Gasteiger charge is 2.31. The molecule has 3 nitrogen and oxygen atoms in total. The van der Waals surface area contributed by atoms with Crippen LogP contribution in [0.1, 0.15) is 34.5 Å². The average molecular weight is 398 g/mol. The SMILES string of the molecule is CC(=O)N1CCc2sccc2C1c1ccc(NCc2ccc(F)c(F)c2)cc1. The number of thiophene rings is 1. The number of nitrogens with one attached hydrogen (secondary N) is 1. The van der Waals surface area contributed by atoms with E-state index in [0.29, 0.717) is 12.1 Å². The van der Waals surface area contributed by atoms with Crippen molar-refractivity contribution in [2.45, 2.75) is 25.9 Å². The van der Waals surface area contributed by atoms with E-state index in [1.807, 2.05) is 29.2 Å². The van der Waals surface area contributed by atoms with Crippen molar-refractivity contribution in [2.75, 3.05) is 11.9 Å². The van der Waals surface area contributed by atoms with Crippen molar-refractivity contribution in [2.24, 2.45) is 0 Å². The molecule has 6 heteroatoms. The normalized spacial score (nSPS) is 16.0. The molecule has 4 rings (SSSR count). The van der Waals surface area contributed by atoms with Crippen molar-refractivity contribution in [1.29, 1.82) is 0 Å². The van der Waals surface area contributed by atoms with Gasteiger partial charge in [0.25, 0.3) is 0 Å². The lowest BCUT2D eigenvalue weighted by atomic mass is 9.93. The van der Waals surface area contributed by atoms with Gasteiger partial charge in [-0.2, -0.15) is 0 Å². The Bertz CT molecular complexity index is 1000. The predicted molar refractivity (Wildman–Crippen MR) is 107 cm³/mol. The van der Waals surface area contributed by atoms with Gasteiger partial charge in [0.05, 0.1) is 6.04 Å². The number of carbonyl (C=O) groups excluding carboxylic acids is 1. The van der Waals surface area contributed by atoms with Crippen LogP contribution in [0.4, 0.5) is 14.5 Å². The van der Waals surface area contributed by atoms with Gasteiger partial charge in [0.15, 0.2) is 11.6 Å². The van der Waals surface area contributed by atoms with Gasteiger partial charge in [-0.1, -0.05) is 18.2 Å². The highest BCUT2D eigenvalue weighted by atomic mass is 32.1. The van der Waals surface area contributed by atoms with Gasteiger partial charge >= 0.3 is 0 Å². The molecule has 144 valence electrons. The standard InChI is InChI=1S/C22H20F2N2OS/c1-14(27)26-10-8-21-18(9-11-28-21)22(26)16-3-5-17(6-4-16)25-13-15-2-7-19(23)20(24)12-15/h2-7,9,11-12,22,25H,8,10,13H2,1H3. The Labute approximate surface area is 166 Å². The Hall–Kier alpha value is -2.73. The van der Waals surface area contributed by atoms with Crippen molar-refractivity contribution in [1.82, 2.24) is 4.90 Å². The van der Waals surface area contributed by atoms with Crippen molar-refractivity contribution in [3.8, 4) is 0 Å². The Balaban J connectivity index is 1.52. The molecule has 2 aromatic carbocycles. The lowest BCUT2D eigenvalue weighted by molar-refractivity contribution is -0.130. The number of rotatable bonds is 4. The van der Waals surface area contributed by atoms with Gasteiger partial charge in [0.2, 0.25) is 5.91 Å². The van der Waals surface area contributed by atoms with Gasteiger partial charge in [0, 0.05) is 30.6 Å². The monoisotopic (exact) mass is 398 g/mol. The zero-order chi connectivity index (χ0) is 19.7. The second-order valence-corrected chi connectivity index (χ2v) is 7.89. The molecule has 0 saturated heterocycles. The average Bonchev–Trinajstić information content (AvgIpc) is 3.17. The fraction of sp³-hybridized carbons (Fsp3) is 0.227. The molecule has 0 radical (unpaired) electrons.